The van der Waals surface area contributed by atoms with Crippen LogP contribution in [-0.4, -0.2) is 22.1 Å². The molecule has 0 aliphatic rings. The number of methoxy groups -OCH3 is 1. The maximum Gasteiger partial charge on any atom is 0.118 e. The Balaban J connectivity index is 2.14. The lowest BCUT2D eigenvalue weighted by atomic mass is 10.2. The van der Waals surface area contributed by atoms with Gasteiger partial charge in [0.25, 0.3) is 0 Å². The summed E-state index contributed by atoms with van der Waals surface area (Å²) < 4.78 is 6.96. The highest BCUT2D eigenvalue weighted by Crippen LogP contribution is 2.12. The SMILES string of the molecule is COc1ccc(Cn2nncc2C)cc1. The van der Waals surface area contributed by atoms with E-state index in [-0.39, 0.29) is 0 Å². The lowest BCUT2D eigenvalue weighted by Crippen LogP contribution is -2.03. The van der Waals surface area contributed by atoms with Crippen molar-refractivity contribution in [2.24, 2.45) is 0 Å². The molecule has 0 aliphatic carbocycles. The van der Waals surface area contributed by atoms with Crippen molar-refractivity contribution in [3.8, 4) is 5.75 Å². The van der Waals surface area contributed by atoms with E-state index in [1.54, 1.807) is 13.3 Å². The van der Waals surface area contributed by atoms with Crippen molar-refractivity contribution in [1.29, 1.82) is 0 Å². The van der Waals surface area contributed by atoms with Crippen LogP contribution in [0.1, 0.15) is 11.3 Å². The van der Waals surface area contributed by atoms with Crippen molar-refractivity contribution in [3.05, 3.63) is 41.7 Å². The summed E-state index contributed by atoms with van der Waals surface area (Å²) in [6, 6.07) is 7.95. The third kappa shape index (κ3) is 2.15. The number of aryl methyl sites for hydroxylation is 1. The highest BCUT2D eigenvalue weighted by atomic mass is 16.5. The number of benzene rings is 1. The van der Waals surface area contributed by atoms with Crippen LogP contribution in [0.25, 0.3) is 0 Å². The molecule has 78 valence electrons. The maximum absolute atomic E-state index is 5.09. The van der Waals surface area contributed by atoms with E-state index in [1.165, 1.54) is 5.56 Å². The normalized spacial score (nSPS) is 10.3. The molecular weight excluding hydrogens is 190 g/mol. The van der Waals surface area contributed by atoms with Crippen LogP contribution >= 0.6 is 0 Å². The molecule has 0 bridgehead atoms. The quantitative estimate of drug-likeness (QED) is 0.761. The zero-order valence-corrected chi connectivity index (χ0v) is 8.84. The zero-order valence-electron chi connectivity index (χ0n) is 8.84. The third-order valence-electron chi connectivity index (χ3n) is 2.30. The van der Waals surface area contributed by atoms with Gasteiger partial charge in [0.2, 0.25) is 0 Å². The fraction of sp³-hybridized carbons (Fsp3) is 0.273. The number of hydrogen-bond donors (Lipinski definition) is 0. The van der Waals surface area contributed by atoms with Gasteiger partial charge in [-0.2, -0.15) is 0 Å². The molecule has 4 heteroatoms. The molecule has 0 radical (unpaired) electrons. The molecule has 0 aliphatic heterocycles. The van der Waals surface area contributed by atoms with Gasteiger partial charge < -0.3 is 4.74 Å². The summed E-state index contributed by atoms with van der Waals surface area (Å²) in [5, 5.41) is 7.83. The minimum Gasteiger partial charge on any atom is -0.497 e. The van der Waals surface area contributed by atoms with E-state index in [9.17, 15) is 0 Å². The lowest BCUT2D eigenvalue weighted by molar-refractivity contribution is 0.414. The molecule has 0 atom stereocenters. The molecule has 2 rings (SSSR count). The van der Waals surface area contributed by atoms with Gasteiger partial charge in [0.15, 0.2) is 0 Å². The molecule has 4 nitrogen and oxygen atoms in total. The molecule has 2 aromatic rings. The van der Waals surface area contributed by atoms with E-state index >= 15 is 0 Å². The number of rotatable bonds is 3. The Morgan fingerprint density at radius 2 is 2.00 bits per heavy atom. The smallest absolute Gasteiger partial charge is 0.118 e. The van der Waals surface area contributed by atoms with Crippen LogP contribution in [0.15, 0.2) is 30.5 Å². The summed E-state index contributed by atoms with van der Waals surface area (Å²) in [6.07, 6.45) is 1.75. The number of nitrogens with zero attached hydrogens (tertiary/aromatic N) is 3. The molecule has 0 saturated heterocycles. The summed E-state index contributed by atoms with van der Waals surface area (Å²) in [7, 11) is 1.66. The number of hydrogen-bond acceptors (Lipinski definition) is 3. The zero-order chi connectivity index (χ0) is 10.7. The van der Waals surface area contributed by atoms with Crippen LogP contribution in [0.5, 0.6) is 5.75 Å². The molecular formula is C11H13N3O. The van der Waals surface area contributed by atoms with E-state index in [2.05, 4.69) is 10.3 Å². The first-order valence-corrected chi connectivity index (χ1v) is 4.77. The lowest BCUT2D eigenvalue weighted by Gasteiger charge is -2.04. The molecule has 0 spiro atoms. The molecule has 0 amide bonds. The van der Waals surface area contributed by atoms with Gasteiger partial charge in [-0.3, -0.25) is 0 Å². The monoisotopic (exact) mass is 203 g/mol. The Morgan fingerprint density at radius 3 is 2.53 bits per heavy atom. The second-order valence-electron chi connectivity index (χ2n) is 3.38. The highest BCUT2D eigenvalue weighted by Gasteiger charge is 2.00. The fourth-order valence-corrected chi connectivity index (χ4v) is 1.37. The van der Waals surface area contributed by atoms with E-state index in [4.69, 9.17) is 4.74 Å². The summed E-state index contributed by atoms with van der Waals surface area (Å²) in [5.74, 6) is 0.870. The Bertz CT molecular complexity index is 433. The Morgan fingerprint density at radius 1 is 1.27 bits per heavy atom. The topological polar surface area (TPSA) is 39.9 Å². The van der Waals surface area contributed by atoms with Crippen LogP contribution in [0, 0.1) is 6.92 Å². The van der Waals surface area contributed by atoms with Gasteiger partial charge in [0, 0.05) is 0 Å². The van der Waals surface area contributed by atoms with Crippen molar-refractivity contribution in [1.82, 2.24) is 15.0 Å². The van der Waals surface area contributed by atoms with E-state index in [0.717, 1.165) is 18.0 Å². The molecule has 0 unspecified atom stereocenters. The van der Waals surface area contributed by atoms with E-state index in [1.807, 2.05) is 35.9 Å². The standard InChI is InChI=1S/C11H13N3O/c1-9-7-12-13-14(9)8-10-3-5-11(15-2)6-4-10/h3-7H,8H2,1-2H3. The highest BCUT2D eigenvalue weighted by molar-refractivity contribution is 5.27. The summed E-state index contributed by atoms with van der Waals surface area (Å²) >= 11 is 0. The largest absolute Gasteiger partial charge is 0.497 e. The number of ether oxygens (including phenoxy) is 1. The Kier molecular flexibility index (Phi) is 2.67. The van der Waals surface area contributed by atoms with Crippen molar-refractivity contribution in [2.45, 2.75) is 13.5 Å². The summed E-state index contributed by atoms with van der Waals surface area (Å²) in [6.45, 7) is 2.74. The first kappa shape index (κ1) is 9.71. The second kappa shape index (κ2) is 4.13. The van der Waals surface area contributed by atoms with Gasteiger partial charge >= 0.3 is 0 Å². The van der Waals surface area contributed by atoms with Gasteiger partial charge in [0.1, 0.15) is 5.75 Å². The fourth-order valence-electron chi connectivity index (χ4n) is 1.37. The summed E-state index contributed by atoms with van der Waals surface area (Å²) in [5.41, 5.74) is 2.25. The molecule has 1 aromatic heterocycles. The van der Waals surface area contributed by atoms with Gasteiger partial charge in [-0.15, -0.1) is 5.10 Å². The molecule has 0 N–H and O–H groups in total. The van der Waals surface area contributed by atoms with Crippen LogP contribution in [-0.2, 0) is 6.54 Å². The van der Waals surface area contributed by atoms with Crippen LogP contribution < -0.4 is 4.74 Å². The molecule has 0 saturated carbocycles. The minimum atomic E-state index is 0.746. The third-order valence-corrected chi connectivity index (χ3v) is 2.30. The van der Waals surface area contributed by atoms with Crippen LogP contribution in [0.3, 0.4) is 0 Å². The first-order valence-electron chi connectivity index (χ1n) is 4.77. The summed E-state index contributed by atoms with van der Waals surface area (Å²) in [4.78, 5) is 0. The van der Waals surface area contributed by atoms with Crippen LogP contribution in [0.4, 0.5) is 0 Å². The predicted octanol–water partition coefficient (Wildman–Crippen LogP) is 1.64. The van der Waals surface area contributed by atoms with Gasteiger partial charge in [-0.1, -0.05) is 17.3 Å². The minimum absolute atomic E-state index is 0.746. The molecule has 1 heterocycles. The first-order chi connectivity index (χ1) is 7.29. The maximum atomic E-state index is 5.09. The van der Waals surface area contributed by atoms with Crippen molar-refractivity contribution in [3.63, 3.8) is 0 Å². The van der Waals surface area contributed by atoms with Crippen molar-refractivity contribution >= 4 is 0 Å². The molecule has 0 fully saturated rings. The predicted molar refractivity (Wildman–Crippen MR) is 56.9 cm³/mol. The van der Waals surface area contributed by atoms with Crippen LogP contribution in [0.2, 0.25) is 0 Å². The molecule has 15 heavy (non-hydrogen) atoms. The van der Waals surface area contributed by atoms with Crippen molar-refractivity contribution in [2.75, 3.05) is 7.11 Å². The van der Waals surface area contributed by atoms with E-state index in [0.29, 0.717) is 0 Å². The second-order valence-corrected chi connectivity index (χ2v) is 3.38. The van der Waals surface area contributed by atoms with Gasteiger partial charge in [0.05, 0.1) is 25.5 Å². The molecule has 1 aromatic carbocycles. The van der Waals surface area contributed by atoms with E-state index < -0.39 is 0 Å². The average Bonchev–Trinajstić information content (AvgIpc) is 2.66. The van der Waals surface area contributed by atoms with Gasteiger partial charge in [-0.05, 0) is 24.6 Å². The van der Waals surface area contributed by atoms with Gasteiger partial charge in [-0.25, -0.2) is 4.68 Å². The Hall–Kier alpha value is -1.84. The number of aromatic nitrogens is 3. The Labute approximate surface area is 88.5 Å². The van der Waals surface area contributed by atoms with Crippen molar-refractivity contribution < 1.29 is 4.74 Å². The average molecular weight is 203 g/mol.